The normalized spacial score (nSPS) is 16.2. The van der Waals surface area contributed by atoms with E-state index in [2.05, 4.69) is 11.4 Å². The molecule has 0 amide bonds. The van der Waals surface area contributed by atoms with Crippen molar-refractivity contribution in [2.45, 2.75) is 109 Å². The van der Waals surface area contributed by atoms with Crippen LogP contribution in [0.1, 0.15) is 103 Å². The van der Waals surface area contributed by atoms with Crippen LogP contribution >= 0.6 is 15.2 Å². The Labute approximate surface area is 227 Å². The van der Waals surface area contributed by atoms with E-state index in [1.165, 1.54) is 76.7 Å². The second-order valence-electron chi connectivity index (χ2n) is 7.31. The molecule has 2 N–H and O–H groups in total. The van der Waals surface area contributed by atoms with Gasteiger partial charge in [-0.2, -0.15) is 0 Å². The second-order valence-corrected chi connectivity index (χ2v) is 11.1. The third kappa shape index (κ3) is 21.7. The molecule has 0 aromatic rings. The first-order chi connectivity index (χ1) is 13.2. The number of hydrogen-bond donors (Lipinski definition) is 2. The van der Waals surface area contributed by atoms with Crippen LogP contribution in [0.4, 0.5) is 0 Å². The Morgan fingerprint density at radius 2 is 1.17 bits per heavy atom. The zero-order chi connectivity index (χ0) is 21.3. The summed E-state index contributed by atoms with van der Waals surface area (Å²) in [6, 6.07) is 0. The van der Waals surface area contributed by atoms with Gasteiger partial charge >= 0.3 is 59.1 Å². The summed E-state index contributed by atoms with van der Waals surface area (Å²) >= 11 is 0. The Bertz CT molecular complexity index is 501. The molecule has 0 aromatic heterocycles. The Morgan fingerprint density at radius 1 is 0.800 bits per heavy atom. The van der Waals surface area contributed by atoms with Gasteiger partial charge in [0.15, 0.2) is 13.2 Å². The van der Waals surface area contributed by atoms with Crippen LogP contribution in [0.5, 0.6) is 0 Å². The van der Waals surface area contributed by atoms with Crippen LogP contribution in [-0.4, -0.2) is 15.6 Å². The van der Waals surface area contributed by atoms with Gasteiger partial charge in [-0.1, -0.05) is 90.4 Å². The van der Waals surface area contributed by atoms with Gasteiger partial charge in [0.1, 0.15) is 0 Å². The predicted octanol–water partition coefficient (Wildman–Crippen LogP) is -1.23. The summed E-state index contributed by atoms with van der Waals surface area (Å²) < 4.78 is 26.2. The molecule has 3 atom stereocenters. The second kappa shape index (κ2) is 22.6. The van der Waals surface area contributed by atoms with Gasteiger partial charge in [0, 0.05) is 0 Å². The summed E-state index contributed by atoms with van der Waals surface area (Å²) in [6.07, 6.45) is 20.5. The van der Waals surface area contributed by atoms with Crippen LogP contribution in [0.25, 0.3) is 0 Å². The molecule has 0 aliphatic rings. The maximum Gasteiger partial charge on any atom is 1.00 e. The smallest absolute Gasteiger partial charge is 0.776 e. The largest absolute Gasteiger partial charge is 1.00 e. The summed E-state index contributed by atoms with van der Waals surface area (Å²) in [5.74, 6) is 0. The number of unbranched alkanes of at least 4 members (excludes halogenated alkanes) is 14. The van der Waals surface area contributed by atoms with E-state index in [4.69, 9.17) is 10.00 Å². The van der Waals surface area contributed by atoms with Crippen molar-refractivity contribution in [3.05, 3.63) is 12.3 Å². The minimum Gasteiger partial charge on any atom is -0.776 e. The Morgan fingerprint density at radius 3 is 1.53 bits per heavy atom. The van der Waals surface area contributed by atoms with Crippen molar-refractivity contribution < 1.29 is 92.6 Å². The topological polar surface area (TPSA) is 130 Å². The molecular formula is C19H38Na2O7P2. The van der Waals surface area contributed by atoms with Crippen molar-refractivity contribution in [1.82, 2.24) is 0 Å². The van der Waals surface area contributed by atoms with Gasteiger partial charge in [-0.15, -0.1) is 0 Å². The average molecular weight is 486 g/mol. The summed E-state index contributed by atoms with van der Waals surface area (Å²) in [4.78, 5) is 30.5. The van der Waals surface area contributed by atoms with E-state index in [0.29, 0.717) is 6.42 Å². The van der Waals surface area contributed by atoms with E-state index in [1.54, 1.807) is 0 Å². The summed E-state index contributed by atoms with van der Waals surface area (Å²) in [6.45, 7) is 2.24. The van der Waals surface area contributed by atoms with Crippen LogP contribution in [0.15, 0.2) is 12.3 Å². The SMILES string of the molecule is CCCCCCCCCCCCCCCCC=COP(=O)([O-])C(O)P(=O)([O-])O.[Na+].[Na+]. The minimum atomic E-state index is -5.40. The Balaban J connectivity index is -0.00000364. The van der Waals surface area contributed by atoms with E-state index >= 15 is 0 Å². The number of rotatable bonds is 19. The molecule has 0 spiro atoms. The van der Waals surface area contributed by atoms with E-state index in [1.807, 2.05) is 0 Å². The standard InChI is InChI=1S/C19H40O7P2.2Na/c1-2-3-4-5-6-7-8-9-10-11-12-13-14-15-16-17-18-26-28(24,25)19(20)27(21,22)23;;/h17-20H,2-16H2,1H3,(H,24,25)(H2,21,22,23);;/q;2*+1/p-2. The molecule has 0 bridgehead atoms. The van der Waals surface area contributed by atoms with Crippen molar-refractivity contribution in [3.8, 4) is 0 Å². The molecular weight excluding hydrogens is 448 g/mol. The Kier molecular flexibility index (Phi) is 27.5. The van der Waals surface area contributed by atoms with Crippen LogP contribution in [-0.2, 0) is 13.7 Å². The molecule has 0 radical (unpaired) electrons. The fourth-order valence-electron chi connectivity index (χ4n) is 2.89. The zero-order valence-corrected chi connectivity index (χ0v) is 25.0. The molecule has 0 saturated heterocycles. The van der Waals surface area contributed by atoms with Gasteiger partial charge in [0.2, 0.25) is 7.60 Å². The van der Waals surface area contributed by atoms with Gasteiger partial charge in [-0.05, 0) is 18.9 Å². The molecule has 0 rings (SSSR count). The third-order valence-electron chi connectivity index (χ3n) is 4.60. The van der Waals surface area contributed by atoms with Gasteiger partial charge in [-0.25, -0.2) is 0 Å². The zero-order valence-electron chi connectivity index (χ0n) is 19.2. The monoisotopic (exact) mass is 486 g/mol. The fraction of sp³-hybridized carbons (Fsp3) is 0.895. The summed E-state index contributed by atoms with van der Waals surface area (Å²) in [7, 11) is -10.5. The van der Waals surface area contributed by atoms with Crippen LogP contribution < -0.4 is 68.9 Å². The average Bonchev–Trinajstić information content (AvgIpc) is 2.62. The molecule has 0 heterocycles. The first-order valence-corrected chi connectivity index (χ1v) is 13.8. The number of aliphatic hydroxyl groups is 1. The maximum absolute atomic E-state index is 11.3. The van der Waals surface area contributed by atoms with E-state index in [9.17, 15) is 18.9 Å². The van der Waals surface area contributed by atoms with Gasteiger partial charge in [0.05, 0.1) is 6.26 Å². The predicted molar refractivity (Wildman–Crippen MR) is 109 cm³/mol. The minimum absolute atomic E-state index is 0. The number of hydrogen-bond acceptors (Lipinski definition) is 6. The maximum atomic E-state index is 11.3. The molecule has 0 aliphatic carbocycles. The van der Waals surface area contributed by atoms with Crippen LogP contribution in [0, 0.1) is 0 Å². The molecule has 168 valence electrons. The van der Waals surface area contributed by atoms with Crippen molar-refractivity contribution in [3.63, 3.8) is 0 Å². The molecule has 7 nitrogen and oxygen atoms in total. The fourth-order valence-corrected chi connectivity index (χ4v) is 4.84. The van der Waals surface area contributed by atoms with Crippen molar-refractivity contribution in [2.75, 3.05) is 0 Å². The van der Waals surface area contributed by atoms with Gasteiger partial charge in [0.25, 0.3) is 0 Å². The molecule has 0 fully saturated rings. The number of aliphatic hydroxyl groups excluding tert-OH is 1. The van der Waals surface area contributed by atoms with Crippen LogP contribution in [0.3, 0.4) is 0 Å². The molecule has 0 saturated carbocycles. The molecule has 11 heteroatoms. The quantitative estimate of drug-likeness (QED) is 0.101. The van der Waals surface area contributed by atoms with Crippen molar-refractivity contribution in [1.29, 1.82) is 0 Å². The van der Waals surface area contributed by atoms with Gasteiger partial charge < -0.3 is 28.9 Å². The van der Waals surface area contributed by atoms with Gasteiger partial charge in [-0.3, -0.25) is 4.57 Å². The molecule has 0 aromatic carbocycles. The van der Waals surface area contributed by atoms with E-state index in [0.717, 1.165) is 25.5 Å². The van der Waals surface area contributed by atoms with E-state index < -0.39 is 20.8 Å². The van der Waals surface area contributed by atoms with Crippen molar-refractivity contribution >= 4 is 15.2 Å². The summed E-state index contributed by atoms with van der Waals surface area (Å²) in [5.41, 5.74) is -2.94. The van der Waals surface area contributed by atoms with Crippen molar-refractivity contribution in [2.24, 2.45) is 0 Å². The van der Waals surface area contributed by atoms with E-state index in [-0.39, 0.29) is 59.1 Å². The molecule has 3 unspecified atom stereocenters. The first-order valence-electron chi connectivity index (χ1n) is 10.6. The number of allylic oxidation sites excluding steroid dienone is 1. The first kappa shape index (κ1) is 36.4. The third-order valence-corrected chi connectivity index (χ3v) is 7.89. The molecule has 0 aliphatic heterocycles. The summed E-state index contributed by atoms with van der Waals surface area (Å²) in [5, 5.41) is 8.99. The molecule has 30 heavy (non-hydrogen) atoms. The van der Waals surface area contributed by atoms with Crippen LogP contribution in [0.2, 0.25) is 0 Å². The Hall–Kier alpha value is 1.84.